The fourth-order valence-corrected chi connectivity index (χ4v) is 16.5. The Kier molecular flexibility index (Phi) is 14.1. The molecule has 0 N–H and O–H groups in total. The highest BCUT2D eigenvalue weighted by Crippen LogP contribution is 2.56. The number of anilines is 6. The molecule has 7 nitrogen and oxygen atoms in total. The van der Waals surface area contributed by atoms with Gasteiger partial charge in [0.05, 0.1) is 55.3 Å². The molecule has 0 saturated heterocycles. The highest BCUT2D eigenvalue weighted by molar-refractivity contribution is 6.35. The average Bonchev–Trinajstić information content (AvgIpc) is 1.52. The Morgan fingerprint density at radius 2 is 0.619 bits per heavy atom. The van der Waals surface area contributed by atoms with Crippen molar-refractivity contribution >= 4 is 154 Å². The van der Waals surface area contributed by atoms with Crippen molar-refractivity contribution in [1.82, 2.24) is 4.57 Å². The summed E-state index contributed by atoms with van der Waals surface area (Å²) >= 11 is 0. The monoisotopic (exact) mass is 1360 g/mol. The fraction of sp³-hybridized carbons (Fsp3) is 0.163. The number of furan rings is 4. The number of benzene rings is 14. The summed E-state index contributed by atoms with van der Waals surface area (Å²) in [5.74, 6) is 0. The Hall–Kier alpha value is -12.1. The van der Waals surface area contributed by atoms with Gasteiger partial charge in [0, 0.05) is 60.5 Å². The Bertz CT molecular complexity index is 6350. The Morgan fingerprint density at radius 3 is 1.03 bits per heavy atom. The molecule has 0 aliphatic heterocycles. The molecule has 0 bridgehead atoms. The number of para-hydroxylation sites is 6. The van der Waals surface area contributed by atoms with E-state index in [2.05, 4.69) is 370 Å². The smallest absolute Gasteiger partial charge is 0.159 e. The van der Waals surface area contributed by atoms with Crippen molar-refractivity contribution in [2.75, 3.05) is 9.80 Å². The minimum atomic E-state index is -0.194. The van der Waals surface area contributed by atoms with E-state index in [4.69, 9.17) is 17.7 Å². The molecule has 105 heavy (non-hydrogen) atoms. The summed E-state index contributed by atoms with van der Waals surface area (Å²) in [6, 6.07) is 100.0. The lowest BCUT2D eigenvalue weighted by atomic mass is 9.86. The fourth-order valence-electron chi connectivity index (χ4n) is 16.5. The van der Waals surface area contributed by atoms with Gasteiger partial charge in [0.1, 0.15) is 33.5 Å². The van der Waals surface area contributed by atoms with Crippen molar-refractivity contribution < 1.29 is 17.7 Å². The van der Waals surface area contributed by atoms with Crippen LogP contribution in [0.4, 0.5) is 34.1 Å². The minimum absolute atomic E-state index is 0.0223. The maximum absolute atomic E-state index is 7.65. The van der Waals surface area contributed by atoms with Crippen LogP contribution < -0.4 is 9.80 Å². The van der Waals surface area contributed by atoms with E-state index in [0.29, 0.717) is 0 Å². The van der Waals surface area contributed by atoms with E-state index in [1.54, 1.807) is 0 Å². The van der Waals surface area contributed by atoms with E-state index in [0.717, 1.165) is 194 Å². The third-order valence-electron chi connectivity index (χ3n) is 21.9. The summed E-state index contributed by atoms with van der Waals surface area (Å²) in [6.45, 7) is 27.2. The van der Waals surface area contributed by atoms with E-state index >= 15 is 0 Å². The Labute approximate surface area is 610 Å². The van der Waals surface area contributed by atoms with Gasteiger partial charge < -0.3 is 32.0 Å². The lowest BCUT2D eigenvalue weighted by Crippen LogP contribution is -2.11. The van der Waals surface area contributed by atoms with Gasteiger partial charge in [-0.25, -0.2) is 0 Å². The molecule has 0 spiro atoms. The standard InChI is InChI=1S/C98H81N3O4/c1-95(2,3)64-46-37-59(38-47-64)61-41-50-66(51-42-61)99(77-33-21-29-71-69-27-19-31-75(97(7,8)9)89(69)104-91(71)77)79-56-81-87(93-85(79)73-25-15-17-35-83(73)102-93)88-82(101(81)68-54-45-58-23-13-14-24-63(58)55-68)57-80(86-74-26-16-18-36-84(74)103-94(86)88)100(67-52-43-62(44-53-67)60-39-48-65(49-40-60)96(4,5)6)78-34-22-30-72-70-28-20-32-76(98(10,11)12)90(70)105-92(72)78/h13-57H,1-12H3. The lowest BCUT2D eigenvalue weighted by molar-refractivity contribution is 0.572. The molecule has 7 heteroatoms. The maximum Gasteiger partial charge on any atom is 0.159 e. The second-order valence-corrected chi connectivity index (χ2v) is 32.8. The van der Waals surface area contributed by atoms with Crippen molar-refractivity contribution in [1.29, 1.82) is 0 Å². The summed E-state index contributed by atoms with van der Waals surface area (Å²) in [5, 5.41) is 12.2. The van der Waals surface area contributed by atoms with Crippen LogP contribution in [0.5, 0.6) is 0 Å². The van der Waals surface area contributed by atoms with Gasteiger partial charge in [-0.15, -0.1) is 0 Å². The van der Waals surface area contributed by atoms with Crippen molar-refractivity contribution in [3.8, 4) is 27.9 Å². The van der Waals surface area contributed by atoms with Gasteiger partial charge in [0.2, 0.25) is 0 Å². The number of aromatic nitrogens is 1. The summed E-state index contributed by atoms with van der Waals surface area (Å²) in [4.78, 5) is 4.84. The summed E-state index contributed by atoms with van der Waals surface area (Å²) < 4.78 is 32.7. The minimum Gasteiger partial charge on any atom is -0.455 e. The molecule has 5 aromatic heterocycles. The van der Waals surface area contributed by atoms with E-state index in [9.17, 15) is 0 Å². The Balaban J connectivity index is 0.951. The van der Waals surface area contributed by atoms with Crippen LogP contribution in [0.3, 0.4) is 0 Å². The van der Waals surface area contributed by atoms with Crippen LogP contribution in [0.2, 0.25) is 0 Å². The molecule has 19 aromatic rings. The molecule has 0 aliphatic rings. The van der Waals surface area contributed by atoms with Crippen LogP contribution in [0, 0.1) is 0 Å². The van der Waals surface area contributed by atoms with Crippen molar-refractivity contribution in [2.45, 2.75) is 105 Å². The predicted octanol–water partition coefficient (Wildman–Crippen LogP) is 29.0. The zero-order chi connectivity index (χ0) is 71.7. The first kappa shape index (κ1) is 63.8. The molecule has 14 aromatic carbocycles. The normalized spacial score (nSPS) is 12.8. The zero-order valence-electron chi connectivity index (χ0n) is 61.5. The van der Waals surface area contributed by atoms with E-state index in [1.165, 1.54) is 11.1 Å². The SMILES string of the molecule is CC(C)(C)c1ccc(-c2ccc(N(c3cccc4c3oc3c(C(C)(C)C)cccc34)c3cc4c(c5oc6ccccc6c35)c3c5oc6ccccc6c5c(N(c5ccc(-c6ccc(C(C)(C)C)cc6)cc5)c5cccc6c5oc5c(C(C)(C)C)cccc56)cc3n4-c3ccc4ccccc4c3)cc2)cc1. The summed E-state index contributed by atoms with van der Waals surface area (Å²) in [6.07, 6.45) is 0. The van der Waals surface area contributed by atoms with E-state index in [-0.39, 0.29) is 21.7 Å². The molecule has 0 radical (unpaired) electrons. The average molecular weight is 1360 g/mol. The number of hydrogen-bond acceptors (Lipinski definition) is 6. The predicted molar refractivity (Wildman–Crippen MR) is 442 cm³/mol. The number of fused-ring (bicyclic) bond motifs is 18. The largest absolute Gasteiger partial charge is 0.455 e. The molecule has 0 saturated carbocycles. The van der Waals surface area contributed by atoms with E-state index in [1.807, 2.05) is 0 Å². The van der Waals surface area contributed by atoms with Gasteiger partial charge in [0.25, 0.3) is 0 Å². The molecule has 512 valence electrons. The second kappa shape index (κ2) is 23.2. The molecule has 0 unspecified atom stereocenters. The molecule has 0 fully saturated rings. The zero-order valence-corrected chi connectivity index (χ0v) is 61.5. The lowest BCUT2D eigenvalue weighted by Gasteiger charge is -2.27. The molecule has 5 heterocycles. The van der Waals surface area contributed by atoms with E-state index < -0.39 is 0 Å². The van der Waals surface area contributed by atoms with Gasteiger partial charge in [-0.3, -0.25) is 0 Å². The third kappa shape index (κ3) is 10.2. The van der Waals surface area contributed by atoms with Gasteiger partial charge in [-0.2, -0.15) is 0 Å². The van der Waals surface area contributed by atoms with Crippen molar-refractivity contribution in [3.63, 3.8) is 0 Å². The van der Waals surface area contributed by atoms with Crippen LogP contribution >= 0.6 is 0 Å². The molecule has 0 aliphatic carbocycles. The van der Waals surface area contributed by atoms with Gasteiger partial charge in [-0.05, 0) is 139 Å². The summed E-state index contributed by atoms with van der Waals surface area (Å²) in [5.41, 5.74) is 23.8. The van der Waals surface area contributed by atoms with Crippen molar-refractivity contribution in [3.05, 3.63) is 295 Å². The molecular formula is C98H81N3O4. The van der Waals surface area contributed by atoms with Crippen LogP contribution in [-0.4, -0.2) is 4.57 Å². The molecule has 19 rings (SSSR count). The summed E-state index contributed by atoms with van der Waals surface area (Å²) in [7, 11) is 0. The van der Waals surface area contributed by atoms with Gasteiger partial charge in [0.15, 0.2) is 11.2 Å². The third-order valence-corrected chi connectivity index (χ3v) is 21.9. The first-order valence-electron chi connectivity index (χ1n) is 36.8. The number of hydrogen-bond donors (Lipinski definition) is 0. The van der Waals surface area contributed by atoms with Gasteiger partial charge >= 0.3 is 0 Å². The second-order valence-electron chi connectivity index (χ2n) is 32.8. The highest BCUT2D eigenvalue weighted by Gasteiger charge is 2.34. The van der Waals surface area contributed by atoms with Crippen LogP contribution in [0.25, 0.3) is 148 Å². The molecule has 0 atom stereocenters. The van der Waals surface area contributed by atoms with Gasteiger partial charge in [-0.1, -0.05) is 283 Å². The molecular weight excluding hydrogens is 1280 g/mol. The number of nitrogens with zero attached hydrogens (tertiary/aromatic N) is 3. The van der Waals surface area contributed by atoms with Crippen LogP contribution in [0.15, 0.2) is 291 Å². The van der Waals surface area contributed by atoms with Crippen LogP contribution in [-0.2, 0) is 21.7 Å². The van der Waals surface area contributed by atoms with Crippen molar-refractivity contribution in [2.24, 2.45) is 0 Å². The van der Waals surface area contributed by atoms with Crippen LogP contribution in [0.1, 0.15) is 105 Å². The topological polar surface area (TPSA) is 64.0 Å². The number of rotatable bonds is 9. The first-order chi connectivity index (χ1) is 50.6. The Morgan fingerprint density at radius 1 is 0.257 bits per heavy atom. The molecule has 0 amide bonds. The first-order valence-corrected chi connectivity index (χ1v) is 36.8. The maximum atomic E-state index is 7.65. The quantitative estimate of drug-likeness (QED) is 0.143. The highest BCUT2D eigenvalue weighted by atomic mass is 16.3.